The lowest BCUT2D eigenvalue weighted by molar-refractivity contribution is -0.391. The third-order valence-electron chi connectivity index (χ3n) is 4.99. The van der Waals surface area contributed by atoms with Gasteiger partial charge in [0.1, 0.15) is 11.8 Å². The summed E-state index contributed by atoms with van der Waals surface area (Å²) in [5.41, 5.74) is 1.18. The highest BCUT2D eigenvalue weighted by Crippen LogP contribution is 2.48. The SMILES string of the molecule is COC1[C@H](C)O[C@@H]2Oc3c(cc(/C=N/O)nc3-c3ccccn3)O[C@@]2(OC)[C@@H]1O. The Hall–Kier alpha value is -2.79. The van der Waals surface area contributed by atoms with Crippen molar-refractivity contribution in [3.8, 4) is 22.9 Å². The van der Waals surface area contributed by atoms with Gasteiger partial charge in [-0.2, -0.15) is 0 Å². The smallest absolute Gasteiger partial charge is 0.302 e. The molecule has 2 aromatic rings. The van der Waals surface area contributed by atoms with Gasteiger partial charge in [-0.3, -0.25) is 4.98 Å². The molecule has 1 saturated heterocycles. The maximum absolute atomic E-state index is 10.9. The van der Waals surface area contributed by atoms with E-state index in [9.17, 15) is 5.11 Å². The van der Waals surface area contributed by atoms with E-state index < -0.39 is 30.4 Å². The first kappa shape index (κ1) is 19.5. The number of hydrogen-bond donors (Lipinski definition) is 2. The normalized spacial score (nSPS) is 30.9. The fourth-order valence-corrected chi connectivity index (χ4v) is 3.59. The molecule has 29 heavy (non-hydrogen) atoms. The van der Waals surface area contributed by atoms with Crippen molar-refractivity contribution in [3.05, 3.63) is 36.2 Å². The molecular weight excluding hydrogens is 382 g/mol. The molecule has 2 aromatic heterocycles. The Bertz CT molecular complexity index is 910. The van der Waals surface area contributed by atoms with Gasteiger partial charge in [0.05, 0.1) is 23.7 Å². The lowest BCUT2D eigenvalue weighted by Crippen LogP contribution is -2.71. The van der Waals surface area contributed by atoms with Gasteiger partial charge in [-0.15, -0.1) is 0 Å². The van der Waals surface area contributed by atoms with Crippen LogP contribution in [0.3, 0.4) is 0 Å². The van der Waals surface area contributed by atoms with Crippen LogP contribution in [0.4, 0.5) is 0 Å². The summed E-state index contributed by atoms with van der Waals surface area (Å²) in [6.07, 6.45) is -0.716. The molecule has 10 heteroatoms. The van der Waals surface area contributed by atoms with Crippen molar-refractivity contribution < 1.29 is 34.0 Å². The number of oxime groups is 1. The second kappa shape index (κ2) is 7.56. The van der Waals surface area contributed by atoms with Gasteiger partial charge in [0.15, 0.2) is 17.6 Å². The summed E-state index contributed by atoms with van der Waals surface area (Å²) in [4.78, 5) is 8.75. The molecule has 1 fully saturated rings. The summed E-state index contributed by atoms with van der Waals surface area (Å²) in [5, 5.41) is 22.9. The average Bonchev–Trinajstić information content (AvgIpc) is 2.73. The van der Waals surface area contributed by atoms with Crippen molar-refractivity contribution in [2.45, 2.75) is 37.3 Å². The van der Waals surface area contributed by atoms with Crippen molar-refractivity contribution in [2.24, 2.45) is 5.16 Å². The summed E-state index contributed by atoms with van der Waals surface area (Å²) in [6, 6.07) is 6.84. The van der Waals surface area contributed by atoms with Crippen molar-refractivity contribution >= 4 is 6.21 Å². The zero-order chi connectivity index (χ0) is 20.6. The van der Waals surface area contributed by atoms with E-state index in [4.69, 9.17) is 28.9 Å². The Morgan fingerprint density at radius 1 is 1.31 bits per heavy atom. The van der Waals surface area contributed by atoms with Gasteiger partial charge in [-0.05, 0) is 19.1 Å². The standard InChI is InChI=1S/C19H21N3O7/c1-10-15(25-2)17(23)19(26-3)18(27-10)28-16-13(29-19)8-11(9-21-24)22-14(16)12-6-4-5-7-20-12/h4-10,15,17-18,23-24H,1-3H3/b21-9+/t10-,15?,17+,18+,19-/m0/s1. The van der Waals surface area contributed by atoms with E-state index in [-0.39, 0.29) is 11.5 Å². The molecule has 10 nitrogen and oxygen atoms in total. The Labute approximate surface area is 166 Å². The van der Waals surface area contributed by atoms with E-state index in [0.717, 1.165) is 6.21 Å². The number of nitrogens with zero attached hydrogens (tertiary/aromatic N) is 3. The van der Waals surface area contributed by atoms with Gasteiger partial charge in [0.2, 0.25) is 0 Å². The maximum Gasteiger partial charge on any atom is 0.302 e. The van der Waals surface area contributed by atoms with E-state index >= 15 is 0 Å². The minimum absolute atomic E-state index is 0.223. The molecule has 2 aliphatic heterocycles. The van der Waals surface area contributed by atoms with Gasteiger partial charge in [-0.25, -0.2) is 4.98 Å². The number of aliphatic hydroxyl groups is 1. The Balaban J connectivity index is 1.86. The van der Waals surface area contributed by atoms with Crippen LogP contribution in [0, 0.1) is 0 Å². The van der Waals surface area contributed by atoms with Gasteiger partial charge in [0, 0.05) is 26.5 Å². The molecule has 0 aromatic carbocycles. The molecule has 2 aliphatic rings. The lowest BCUT2D eigenvalue weighted by Gasteiger charge is -2.51. The zero-order valence-electron chi connectivity index (χ0n) is 16.1. The molecule has 4 rings (SSSR count). The summed E-state index contributed by atoms with van der Waals surface area (Å²) in [5.74, 6) is -1.18. The van der Waals surface area contributed by atoms with E-state index in [1.165, 1.54) is 20.3 Å². The van der Waals surface area contributed by atoms with Crippen molar-refractivity contribution in [3.63, 3.8) is 0 Å². The highest BCUT2D eigenvalue weighted by molar-refractivity contribution is 5.81. The largest absolute Gasteiger partial charge is 0.451 e. The van der Waals surface area contributed by atoms with Gasteiger partial charge in [-0.1, -0.05) is 11.2 Å². The minimum atomic E-state index is -1.67. The van der Waals surface area contributed by atoms with Crippen LogP contribution < -0.4 is 9.47 Å². The first-order valence-electron chi connectivity index (χ1n) is 8.95. The van der Waals surface area contributed by atoms with Crippen LogP contribution in [0.15, 0.2) is 35.6 Å². The molecule has 5 atom stereocenters. The van der Waals surface area contributed by atoms with Gasteiger partial charge in [0.25, 0.3) is 6.29 Å². The Kier molecular flexibility index (Phi) is 5.09. The highest BCUT2D eigenvalue weighted by atomic mass is 16.8. The highest BCUT2D eigenvalue weighted by Gasteiger charge is 2.62. The van der Waals surface area contributed by atoms with E-state index in [2.05, 4.69) is 15.1 Å². The number of aliphatic hydroxyl groups excluding tert-OH is 1. The zero-order valence-corrected chi connectivity index (χ0v) is 16.1. The molecule has 1 unspecified atom stereocenters. The number of fused-ring (bicyclic) bond motifs is 2. The molecule has 0 amide bonds. The van der Waals surface area contributed by atoms with Gasteiger partial charge >= 0.3 is 5.79 Å². The summed E-state index contributed by atoms with van der Waals surface area (Å²) in [6.45, 7) is 1.76. The van der Waals surface area contributed by atoms with Crippen molar-refractivity contribution in [2.75, 3.05) is 14.2 Å². The predicted octanol–water partition coefficient (Wildman–Crippen LogP) is 1.19. The van der Waals surface area contributed by atoms with Gasteiger partial charge < -0.3 is 34.0 Å². The molecule has 0 radical (unpaired) electrons. The number of methoxy groups -OCH3 is 2. The number of rotatable bonds is 4. The van der Waals surface area contributed by atoms with Crippen LogP contribution in [0.1, 0.15) is 12.6 Å². The molecule has 154 valence electrons. The van der Waals surface area contributed by atoms with Crippen LogP contribution in [0.2, 0.25) is 0 Å². The first-order valence-corrected chi connectivity index (χ1v) is 8.95. The third-order valence-corrected chi connectivity index (χ3v) is 4.99. The van der Waals surface area contributed by atoms with Crippen LogP contribution in [-0.2, 0) is 14.2 Å². The monoisotopic (exact) mass is 403 g/mol. The molecule has 0 saturated carbocycles. The van der Waals surface area contributed by atoms with Crippen molar-refractivity contribution in [1.82, 2.24) is 9.97 Å². The van der Waals surface area contributed by atoms with E-state index in [1.807, 2.05) is 0 Å². The van der Waals surface area contributed by atoms with E-state index in [1.54, 1.807) is 31.3 Å². The fraction of sp³-hybridized carbons (Fsp3) is 0.421. The molecular formula is C19H21N3O7. The predicted molar refractivity (Wildman–Crippen MR) is 99.0 cm³/mol. The molecule has 0 bridgehead atoms. The second-order valence-electron chi connectivity index (χ2n) is 6.65. The maximum atomic E-state index is 10.9. The molecule has 4 heterocycles. The minimum Gasteiger partial charge on any atom is -0.451 e. The van der Waals surface area contributed by atoms with Crippen molar-refractivity contribution in [1.29, 1.82) is 0 Å². The summed E-state index contributed by atoms with van der Waals surface area (Å²) >= 11 is 0. The van der Waals surface area contributed by atoms with Crippen LogP contribution >= 0.6 is 0 Å². The average molecular weight is 403 g/mol. The second-order valence-corrected chi connectivity index (χ2v) is 6.65. The lowest BCUT2D eigenvalue weighted by atomic mass is 9.95. The first-order chi connectivity index (χ1) is 14.0. The van der Waals surface area contributed by atoms with E-state index in [0.29, 0.717) is 17.1 Å². The molecule has 0 aliphatic carbocycles. The van der Waals surface area contributed by atoms with Crippen LogP contribution in [0.25, 0.3) is 11.4 Å². The summed E-state index contributed by atoms with van der Waals surface area (Å²) in [7, 11) is 2.85. The third kappa shape index (κ3) is 3.10. The summed E-state index contributed by atoms with van der Waals surface area (Å²) < 4.78 is 29.0. The number of ether oxygens (including phenoxy) is 5. The molecule has 2 N–H and O–H groups in total. The quantitative estimate of drug-likeness (QED) is 0.440. The van der Waals surface area contributed by atoms with Crippen LogP contribution in [0.5, 0.6) is 11.5 Å². The van der Waals surface area contributed by atoms with Crippen LogP contribution in [-0.4, -0.2) is 71.1 Å². The number of aromatic nitrogens is 2. The fourth-order valence-electron chi connectivity index (χ4n) is 3.59. The molecule has 0 spiro atoms. The Morgan fingerprint density at radius 3 is 2.79 bits per heavy atom. The number of pyridine rings is 2. The number of hydrogen-bond acceptors (Lipinski definition) is 10. The Morgan fingerprint density at radius 2 is 2.14 bits per heavy atom. The topological polar surface area (TPSA) is 125 Å².